The van der Waals surface area contributed by atoms with Crippen LogP contribution in [0.2, 0.25) is 0 Å². The van der Waals surface area contributed by atoms with E-state index >= 15 is 0 Å². The summed E-state index contributed by atoms with van der Waals surface area (Å²) in [6.07, 6.45) is 3.39. The van der Waals surface area contributed by atoms with Crippen molar-refractivity contribution < 1.29 is 13.6 Å². The molecule has 1 aliphatic carbocycles. The van der Waals surface area contributed by atoms with Crippen LogP contribution in [0.5, 0.6) is 0 Å². The zero-order chi connectivity index (χ0) is 13.3. The minimum absolute atomic E-state index is 0.00741. The molecule has 0 radical (unpaired) electrons. The molecule has 1 fully saturated rings. The molecule has 0 unspecified atom stereocenters. The van der Waals surface area contributed by atoms with Gasteiger partial charge < -0.3 is 0 Å². The van der Waals surface area contributed by atoms with Crippen molar-refractivity contribution in [1.29, 1.82) is 0 Å². The van der Waals surface area contributed by atoms with Crippen molar-refractivity contribution in [2.75, 3.05) is 14.1 Å². The van der Waals surface area contributed by atoms with Gasteiger partial charge in [-0.2, -0.15) is 0 Å². The Morgan fingerprint density at radius 3 is 2.33 bits per heavy atom. The molecular weight excluding hydrogens is 236 g/mol. The maximum atomic E-state index is 13.7. The second-order valence-corrected chi connectivity index (χ2v) is 5.09. The lowest BCUT2D eigenvalue weighted by atomic mass is 9.86. The Kier molecular flexibility index (Phi) is 3.48. The third kappa shape index (κ3) is 2.05. The summed E-state index contributed by atoms with van der Waals surface area (Å²) in [6.45, 7) is 0. The number of likely N-dealkylation sites (N-methyl/N-ethyl adjacent to an activating group) is 1. The van der Waals surface area contributed by atoms with E-state index < -0.39 is 17.2 Å². The molecule has 1 aliphatic rings. The van der Waals surface area contributed by atoms with E-state index in [1.807, 2.05) is 19.0 Å². The largest absolute Gasteiger partial charge is 0.297 e. The minimum Gasteiger partial charge on any atom is -0.297 e. The van der Waals surface area contributed by atoms with Gasteiger partial charge in [-0.15, -0.1) is 0 Å². The fourth-order valence-corrected chi connectivity index (χ4v) is 2.76. The molecular formula is C14H17F2NO. The highest BCUT2D eigenvalue weighted by Gasteiger charge is 2.44. The van der Waals surface area contributed by atoms with E-state index in [2.05, 4.69) is 0 Å². The maximum absolute atomic E-state index is 13.7. The molecule has 2 rings (SSSR count). The topological polar surface area (TPSA) is 20.3 Å². The predicted molar refractivity (Wildman–Crippen MR) is 65.6 cm³/mol. The van der Waals surface area contributed by atoms with Crippen molar-refractivity contribution in [2.45, 2.75) is 31.2 Å². The summed E-state index contributed by atoms with van der Waals surface area (Å²) in [6, 6.07) is 3.15. The Morgan fingerprint density at radius 1 is 1.22 bits per heavy atom. The number of hydrogen-bond acceptors (Lipinski definition) is 2. The lowest BCUT2D eigenvalue weighted by molar-refractivity contribution is 0.0688. The number of halogens is 2. The third-order valence-corrected chi connectivity index (χ3v) is 3.89. The average Bonchev–Trinajstić information content (AvgIpc) is 2.78. The Bertz CT molecular complexity index is 465. The summed E-state index contributed by atoms with van der Waals surface area (Å²) >= 11 is 0. The van der Waals surface area contributed by atoms with Crippen LogP contribution in [0.15, 0.2) is 18.2 Å². The minimum atomic E-state index is -0.770. The van der Waals surface area contributed by atoms with Crippen LogP contribution in [0.1, 0.15) is 36.0 Å². The van der Waals surface area contributed by atoms with Gasteiger partial charge in [-0.05, 0) is 39.1 Å². The van der Waals surface area contributed by atoms with E-state index in [1.165, 1.54) is 6.07 Å². The first-order valence-corrected chi connectivity index (χ1v) is 6.15. The Labute approximate surface area is 106 Å². The first kappa shape index (κ1) is 13.1. The van der Waals surface area contributed by atoms with Gasteiger partial charge in [-0.1, -0.05) is 12.8 Å². The standard InChI is InChI=1S/C14H17F2NO/c1-17(2)14(7-3-4-8-14)13(18)11-6-5-10(15)9-12(11)16/h5-6,9H,3-4,7-8H2,1-2H3. The van der Waals surface area contributed by atoms with Crippen molar-refractivity contribution in [3.05, 3.63) is 35.4 Å². The monoisotopic (exact) mass is 253 g/mol. The summed E-state index contributed by atoms with van der Waals surface area (Å²) in [7, 11) is 3.68. The molecule has 0 amide bonds. The van der Waals surface area contributed by atoms with Crippen molar-refractivity contribution in [3.63, 3.8) is 0 Å². The van der Waals surface area contributed by atoms with Gasteiger partial charge in [0.05, 0.1) is 11.1 Å². The molecule has 2 nitrogen and oxygen atoms in total. The molecule has 1 aromatic rings. The highest BCUT2D eigenvalue weighted by molar-refractivity contribution is 6.03. The molecule has 0 bridgehead atoms. The number of rotatable bonds is 3. The van der Waals surface area contributed by atoms with Crippen LogP contribution < -0.4 is 0 Å². The number of benzene rings is 1. The molecule has 1 aromatic carbocycles. The van der Waals surface area contributed by atoms with Crippen LogP contribution in [0.4, 0.5) is 8.78 Å². The van der Waals surface area contributed by atoms with Crippen LogP contribution in [0.25, 0.3) is 0 Å². The molecule has 1 saturated carbocycles. The van der Waals surface area contributed by atoms with Gasteiger partial charge in [0.1, 0.15) is 11.6 Å². The molecule has 0 saturated heterocycles. The lowest BCUT2D eigenvalue weighted by Gasteiger charge is -2.34. The van der Waals surface area contributed by atoms with Gasteiger partial charge in [-0.3, -0.25) is 9.69 Å². The van der Waals surface area contributed by atoms with Crippen LogP contribution in [-0.4, -0.2) is 30.3 Å². The summed E-state index contributed by atoms with van der Waals surface area (Å²) in [4.78, 5) is 14.4. The Hall–Kier alpha value is -1.29. The van der Waals surface area contributed by atoms with E-state index in [-0.39, 0.29) is 11.3 Å². The van der Waals surface area contributed by atoms with Crippen molar-refractivity contribution in [1.82, 2.24) is 4.90 Å². The van der Waals surface area contributed by atoms with Crippen LogP contribution in [-0.2, 0) is 0 Å². The molecule has 18 heavy (non-hydrogen) atoms. The number of carbonyl (C=O) groups excluding carboxylic acids is 1. The summed E-state index contributed by atoms with van der Waals surface area (Å²) < 4.78 is 26.6. The highest BCUT2D eigenvalue weighted by atomic mass is 19.1. The van der Waals surface area contributed by atoms with Crippen molar-refractivity contribution in [2.24, 2.45) is 0 Å². The lowest BCUT2D eigenvalue weighted by Crippen LogP contribution is -2.49. The van der Waals surface area contributed by atoms with Gasteiger partial charge in [0.2, 0.25) is 0 Å². The fourth-order valence-electron chi connectivity index (χ4n) is 2.76. The van der Waals surface area contributed by atoms with E-state index in [0.29, 0.717) is 0 Å². The zero-order valence-electron chi connectivity index (χ0n) is 10.7. The molecule has 0 heterocycles. The molecule has 0 atom stereocenters. The number of nitrogens with zero attached hydrogens (tertiary/aromatic N) is 1. The SMILES string of the molecule is CN(C)C1(C(=O)c2ccc(F)cc2F)CCCC1. The van der Waals surface area contributed by atoms with Gasteiger partial charge >= 0.3 is 0 Å². The molecule has 4 heteroatoms. The van der Waals surface area contributed by atoms with Crippen LogP contribution in [0, 0.1) is 11.6 Å². The quantitative estimate of drug-likeness (QED) is 0.772. The van der Waals surface area contributed by atoms with E-state index in [1.54, 1.807) is 0 Å². The van der Waals surface area contributed by atoms with Crippen molar-refractivity contribution in [3.8, 4) is 0 Å². The third-order valence-electron chi connectivity index (χ3n) is 3.89. The average molecular weight is 253 g/mol. The van der Waals surface area contributed by atoms with E-state index in [0.717, 1.165) is 37.8 Å². The maximum Gasteiger partial charge on any atom is 0.185 e. The molecule has 0 aromatic heterocycles. The second kappa shape index (κ2) is 4.76. The summed E-state index contributed by atoms with van der Waals surface area (Å²) in [5.41, 5.74) is -0.634. The normalized spacial score (nSPS) is 18.3. The Morgan fingerprint density at radius 2 is 1.83 bits per heavy atom. The van der Waals surface area contributed by atoms with Gasteiger partial charge in [0.15, 0.2) is 5.78 Å². The zero-order valence-corrected chi connectivity index (χ0v) is 10.7. The van der Waals surface area contributed by atoms with Crippen molar-refractivity contribution >= 4 is 5.78 Å². The molecule has 0 spiro atoms. The number of carbonyl (C=O) groups is 1. The number of hydrogen-bond donors (Lipinski definition) is 0. The Balaban J connectivity index is 2.40. The first-order valence-electron chi connectivity index (χ1n) is 6.15. The van der Waals surface area contributed by atoms with Crippen LogP contribution in [0.3, 0.4) is 0 Å². The molecule has 0 aliphatic heterocycles. The predicted octanol–water partition coefficient (Wildman–Crippen LogP) is 3.02. The second-order valence-electron chi connectivity index (χ2n) is 5.09. The smallest absolute Gasteiger partial charge is 0.185 e. The highest BCUT2D eigenvalue weighted by Crippen LogP contribution is 2.37. The van der Waals surface area contributed by atoms with E-state index in [9.17, 15) is 13.6 Å². The summed E-state index contributed by atoms with van der Waals surface area (Å²) in [5.74, 6) is -1.66. The number of ketones is 1. The van der Waals surface area contributed by atoms with Gasteiger partial charge in [0.25, 0.3) is 0 Å². The molecule has 0 N–H and O–H groups in total. The fraction of sp³-hybridized carbons (Fsp3) is 0.500. The number of Topliss-reactive ketones (excluding diaryl/α,β-unsaturated/α-hetero) is 1. The molecule has 98 valence electrons. The summed E-state index contributed by atoms with van der Waals surface area (Å²) in [5, 5.41) is 0. The van der Waals surface area contributed by atoms with E-state index in [4.69, 9.17) is 0 Å². The van der Waals surface area contributed by atoms with Gasteiger partial charge in [-0.25, -0.2) is 8.78 Å². The van der Waals surface area contributed by atoms with Crippen LogP contribution >= 0.6 is 0 Å². The first-order chi connectivity index (χ1) is 8.47. The van der Waals surface area contributed by atoms with Gasteiger partial charge in [0, 0.05) is 6.07 Å².